The van der Waals surface area contributed by atoms with Crippen LogP contribution in [0.15, 0.2) is 0 Å². The molecule has 6 nitrogen and oxygen atoms in total. The van der Waals surface area contributed by atoms with Crippen molar-refractivity contribution in [2.45, 2.75) is 38.5 Å². The third kappa shape index (κ3) is 5.01. The number of carbonyl (C=O) groups excluding carboxylic acids is 1. The van der Waals surface area contributed by atoms with Gasteiger partial charge in [0.25, 0.3) is 0 Å². The van der Waals surface area contributed by atoms with Crippen LogP contribution in [0.4, 0.5) is 0 Å². The van der Waals surface area contributed by atoms with Crippen LogP contribution in [0.5, 0.6) is 0 Å². The van der Waals surface area contributed by atoms with Crippen molar-refractivity contribution in [1.82, 2.24) is 10.2 Å². The highest BCUT2D eigenvalue weighted by molar-refractivity contribution is 5.75. The molecular formula is C14H28N2O4. The van der Waals surface area contributed by atoms with Crippen molar-refractivity contribution in [3.05, 3.63) is 0 Å². The Labute approximate surface area is 121 Å². The molecule has 118 valence electrons. The smallest absolute Gasteiger partial charge is 0.323 e. The van der Waals surface area contributed by atoms with Gasteiger partial charge in [-0.1, -0.05) is 6.92 Å². The second-order valence-corrected chi connectivity index (χ2v) is 4.96. The third-order valence-electron chi connectivity index (χ3n) is 3.65. The first-order chi connectivity index (χ1) is 9.65. The fourth-order valence-electron chi connectivity index (χ4n) is 2.56. The molecule has 0 aromatic heterocycles. The molecule has 0 aromatic carbocycles. The molecule has 0 aliphatic carbocycles. The number of hydrogen-bond donors (Lipinski definition) is 1. The zero-order valence-corrected chi connectivity index (χ0v) is 13.1. The number of likely N-dealkylation sites (N-methyl/N-ethyl adjacent to an activating group) is 1. The monoisotopic (exact) mass is 288 g/mol. The molecule has 0 saturated carbocycles. The highest BCUT2D eigenvalue weighted by atomic mass is 16.5. The quantitative estimate of drug-likeness (QED) is 0.614. The number of carbonyl (C=O) groups is 1. The van der Waals surface area contributed by atoms with E-state index in [2.05, 4.69) is 10.2 Å². The van der Waals surface area contributed by atoms with Crippen LogP contribution in [0.25, 0.3) is 0 Å². The van der Waals surface area contributed by atoms with Crippen molar-refractivity contribution in [3.8, 4) is 0 Å². The van der Waals surface area contributed by atoms with E-state index in [4.69, 9.17) is 14.2 Å². The molecular weight excluding hydrogens is 260 g/mol. The Morgan fingerprint density at radius 3 is 2.30 bits per heavy atom. The van der Waals surface area contributed by atoms with Gasteiger partial charge < -0.3 is 19.5 Å². The van der Waals surface area contributed by atoms with Crippen molar-refractivity contribution >= 4 is 5.97 Å². The van der Waals surface area contributed by atoms with E-state index >= 15 is 0 Å². The topological polar surface area (TPSA) is 60.0 Å². The van der Waals surface area contributed by atoms with Crippen molar-refractivity contribution in [2.24, 2.45) is 0 Å². The van der Waals surface area contributed by atoms with Gasteiger partial charge >= 0.3 is 5.97 Å². The zero-order chi connectivity index (χ0) is 15.0. The lowest BCUT2D eigenvalue weighted by Gasteiger charge is -2.20. The number of hydrogen-bond acceptors (Lipinski definition) is 6. The lowest BCUT2D eigenvalue weighted by molar-refractivity contribution is -0.145. The van der Waals surface area contributed by atoms with Crippen LogP contribution in [0.1, 0.15) is 20.3 Å². The van der Waals surface area contributed by atoms with Gasteiger partial charge in [-0.15, -0.1) is 0 Å². The molecule has 1 aliphatic rings. The normalized spacial score (nSPS) is 24.8. The molecule has 3 atom stereocenters. The van der Waals surface area contributed by atoms with E-state index in [-0.39, 0.29) is 24.2 Å². The minimum absolute atomic E-state index is 0.111. The van der Waals surface area contributed by atoms with Crippen LogP contribution in [-0.4, -0.2) is 76.1 Å². The summed E-state index contributed by atoms with van der Waals surface area (Å²) in [4.78, 5) is 14.1. The van der Waals surface area contributed by atoms with Crippen LogP contribution in [0.2, 0.25) is 0 Å². The van der Waals surface area contributed by atoms with Crippen molar-refractivity contribution in [3.63, 3.8) is 0 Å². The van der Waals surface area contributed by atoms with Crippen LogP contribution in [0, 0.1) is 0 Å². The molecule has 1 N–H and O–H groups in total. The number of likely N-dealkylation sites (tertiary alicyclic amines) is 1. The van der Waals surface area contributed by atoms with E-state index < -0.39 is 0 Å². The molecule has 0 aromatic rings. The summed E-state index contributed by atoms with van der Waals surface area (Å²) in [6.07, 6.45) is 0.958. The van der Waals surface area contributed by atoms with Gasteiger partial charge in [0.1, 0.15) is 6.04 Å². The first-order valence-electron chi connectivity index (χ1n) is 7.34. The molecule has 1 heterocycles. The van der Waals surface area contributed by atoms with E-state index in [1.165, 1.54) is 0 Å². The SMILES string of the molecule is CCNC(CCN1CC(OC)C(OC)C1)C(=O)OCC. The largest absolute Gasteiger partial charge is 0.465 e. The van der Waals surface area contributed by atoms with Gasteiger partial charge in [0.15, 0.2) is 0 Å². The summed E-state index contributed by atoms with van der Waals surface area (Å²) in [5, 5.41) is 3.18. The van der Waals surface area contributed by atoms with Crippen molar-refractivity contribution in [1.29, 1.82) is 0 Å². The van der Waals surface area contributed by atoms with Gasteiger partial charge in [0, 0.05) is 33.9 Å². The predicted molar refractivity (Wildman–Crippen MR) is 76.7 cm³/mol. The number of nitrogens with zero attached hydrogens (tertiary/aromatic N) is 1. The second kappa shape index (κ2) is 9.28. The maximum Gasteiger partial charge on any atom is 0.323 e. The fraction of sp³-hybridized carbons (Fsp3) is 0.929. The first kappa shape index (κ1) is 17.4. The van der Waals surface area contributed by atoms with E-state index in [1.807, 2.05) is 13.8 Å². The molecule has 1 aliphatic heterocycles. The maximum atomic E-state index is 11.8. The Kier molecular flexibility index (Phi) is 8.06. The molecule has 1 fully saturated rings. The molecule has 0 spiro atoms. The fourth-order valence-corrected chi connectivity index (χ4v) is 2.56. The van der Waals surface area contributed by atoms with Gasteiger partial charge in [-0.3, -0.25) is 9.69 Å². The molecule has 1 rings (SSSR count). The Hall–Kier alpha value is -0.690. The summed E-state index contributed by atoms with van der Waals surface area (Å²) < 4.78 is 15.9. The van der Waals surface area contributed by atoms with E-state index in [1.54, 1.807) is 14.2 Å². The van der Waals surface area contributed by atoms with Crippen LogP contribution < -0.4 is 5.32 Å². The highest BCUT2D eigenvalue weighted by Gasteiger charge is 2.33. The molecule has 0 bridgehead atoms. The Bertz CT molecular complexity index is 276. The van der Waals surface area contributed by atoms with Crippen molar-refractivity contribution in [2.75, 3.05) is 47.0 Å². The predicted octanol–water partition coefficient (Wildman–Crippen LogP) is 0.263. The number of ether oxygens (including phenoxy) is 3. The standard InChI is InChI=1S/C14H28N2O4/c1-5-15-11(14(17)20-6-2)7-8-16-9-12(18-3)13(10-16)19-4/h11-13,15H,5-10H2,1-4H3. The van der Waals surface area contributed by atoms with Crippen LogP contribution in [0.3, 0.4) is 0 Å². The molecule has 1 saturated heterocycles. The van der Waals surface area contributed by atoms with Gasteiger partial charge in [-0.25, -0.2) is 0 Å². The molecule has 6 heteroatoms. The highest BCUT2D eigenvalue weighted by Crippen LogP contribution is 2.16. The van der Waals surface area contributed by atoms with Gasteiger partial charge in [-0.05, 0) is 19.9 Å². The molecule has 3 unspecified atom stereocenters. The maximum absolute atomic E-state index is 11.8. The number of methoxy groups -OCH3 is 2. The minimum atomic E-state index is -0.234. The number of nitrogens with one attached hydrogen (secondary N) is 1. The summed E-state index contributed by atoms with van der Waals surface area (Å²) in [6.45, 7) is 7.51. The lowest BCUT2D eigenvalue weighted by atomic mass is 10.2. The van der Waals surface area contributed by atoms with Crippen LogP contribution >= 0.6 is 0 Å². The lowest BCUT2D eigenvalue weighted by Crippen LogP contribution is -2.40. The van der Waals surface area contributed by atoms with Gasteiger partial charge in [0.2, 0.25) is 0 Å². The van der Waals surface area contributed by atoms with Gasteiger partial charge in [-0.2, -0.15) is 0 Å². The average molecular weight is 288 g/mol. The summed E-state index contributed by atoms with van der Waals surface area (Å²) in [5.74, 6) is -0.167. The summed E-state index contributed by atoms with van der Waals surface area (Å²) in [7, 11) is 3.42. The molecule has 0 amide bonds. The van der Waals surface area contributed by atoms with E-state index in [0.29, 0.717) is 6.61 Å². The van der Waals surface area contributed by atoms with Gasteiger partial charge in [0.05, 0.1) is 18.8 Å². The Balaban J connectivity index is 2.41. The minimum Gasteiger partial charge on any atom is -0.465 e. The molecule has 0 radical (unpaired) electrons. The Morgan fingerprint density at radius 2 is 1.85 bits per heavy atom. The number of rotatable bonds is 9. The summed E-state index contributed by atoms with van der Waals surface area (Å²) in [6, 6.07) is -0.234. The Morgan fingerprint density at radius 1 is 1.25 bits per heavy atom. The molecule has 20 heavy (non-hydrogen) atoms. The summed E-state index contributed by atoms with van der Waals surface area (Å²) in [5.41, 5.74) is 0. The van der Waals surface area contributed by atoms with Crippen molar-refractivity contribution < 1.29 is 19.0 Å². The average Bonchev–Trinajstić information content (AvgIpc) is 2.86. The zero-order valence-electron chi connectivity index (χ0n) is 13.1. The second-order valence-electron chi connectivity index (χ2n) is 4.96. The first-order valence-corrected chi connectivity index (χ1v) is 7.34. The third-order valence-corrected chi connectivity index (χ3v) is 3.65. The summed E-state index contributed by atoms with van der Waals surface area (Å²) >= 11 is 0. The van der Waals surface area contributed by atoms with E-state index in [9.17, 15) is 4.79 Å². The van der Waals surface area contributed by atoms with Crippen LogP contribution in [-0.2, 0) is 19.0 Å². The van der Waals surface area contributed by atoms with E-state index in [0.717, 1.165) is 32.6 Å². The number of esters is 1.